The molecule has 0 saturated carbocycles. The van der Waals surface area contributed by atoms with E-state index in [-0.39, 0.29) is 11.6 Å². The minimum absolute atomic E-state index is 0.0587. The summed E-state index contributed by atoms with van der Waals surface area (Å²) in [5.74, 6) is -0.538. The van der Waals surface area contributed by atoms with Crippen LogP contribution in [-0.4, -0.2) is 53.4 Å². The van der Waals surface area contributed by atoms with Gasteiger partial charge in [-0.2, -0.15) is 0 Å². The molecule has 1 amide bonds. The van der Waals surface area contributed by atoms with Gasteiger partial charge in [-0.05, 0) is 37.1 Å². The summed E-state index contributed by atoms with van der Waals surface area (Å²) in [5, 5.41) is 14.2. The molecule has 29 heavy (non-hydrogen) atoms. The SMILES string of the molecule is Cc1cccc(C)c1NC(=O)CN1CCN(Cc2cc(F)ccc2[N+](=O)[O-])CC1. The number of amides is 1. The molecule has 2 aromatic rings. The number of nitrogens with one attached hydrogen (secondary N) is 1. The van der Waals surface area contributed by atoms with Crippen LogP contribution in [0.2, 0.25) is 0 Å². The first kappa shape index (κ1) is 20.9. The molecule has 2 aromatic carbocycles. The van der Waals surface area contributed by atoms with E-state index >= 15 is 0 Å². The fourth-order valence-corrected chi connectivity index (χ4v) is 3.60. The largest absolute Gasteiger partial charge is 0.324 e. The Balaban J connectivity index is 1.53. The molecule has 0 bridgehead atoms. The Hall–Kier alpha value is -2.84. The van der Waals surface area contributed by atoms with Crippen molar-refractivity contribution in [2.24, 2.45) is 0 Å². The molecule has 0 aliphatic carbocycles. The van der Waals surface area contributed by atoms with Gasteiger partial charge < -0.3 is 5.32 Å². The predicted octanol–water partition coefficient (Wildman–Crippen LogP) is 3.11. The van der Waals surface area contributed by atoms with E-state index < -0.39 is 10.7 Å². The van der Waals surface area contributed by atoms with Crippen molar-refractivity contribution in [3.05, 3.63) is 69.0 Å². The van der Waals surface area contributed by atoms with E-state index in [4.69, 9.17) is 0 Å². The van der Waals surface area contributed by atoms with Crippen molar-refractivity contribution in [3.8, 4) is 0 Å². The van der Waals surface area contributed by atoms with Crippen LogP contribution in [-0.2, 0) is 11.3 Å². The maximum absolute atomic E-state index is 13.5. The molecule has 0 spiro atoms. The second-order valence-corrected chi connectivity index (χ2v) is 7.40. The second-order valence-electron chi connectivity index (χ2n) is 7.40. The Kier molecular flexibility index (Phi) is 6.56. The Labute approximate surface area is 169 Å². The number of benzene rings is 2. The third kappa shape index (κ3) is 5.36. The molecule has 1 saturated heterocycles. The summed E-state index contributed by atoms with van der Waals surface area (Å²) >= 11 is 0. The highest BCUT2D eigenvalue weighted by atomic mass is 19.1. The monoisotopic (exact) mass is 400 g/mol. The third-order valence-corrected chi connectivity index (χ3v) is 5.21. The molecule has 1 N–H and O–H groups in total. The lowest BCUT2D eigenvalue weighted by molar-refractivity contribution is -0.385. The number of piperazine rings is 1. The number of para-hydroxylation sites is 1. The van der Waals surface area contributed by atoms with Crippen LogP contribution in [0.3, 0.4) is 0 Å². The Bertz CT molecular complexity index is 891. The zero-order valence-electron chi connectivity index (χ0n) is 16.7. The van der Waals surface area contributed by atoms with Crippen LogP contribution >= 0.6 is 0 Å². The zero-order valence-corrected chi connectivity index (χ0v) is 16.7. The number of nitro groups is 1. The highest BCUT2D eigenvalue weighted by Gasteiger charge is 2.22. The highest BCUT2D eigenvalue weighted by molar-refractivity contribution is 5.93. The molecule has 8 heteroatoms. The quantitative estimate of drug-likeness (QED) is 0.595. The Morgan fingerprint density at radius 3 is 2.34 bits per heavy atom. The molecule has 1 fully saturated rings. The van der Waals surface area contributed by atoms with Crippen molar-refractivity contribution in [1.29, 1.82) is 0 Å². The smallest absolute Gasteiger partial charge is 0.274 e. The van der Waals surface area contributed by atoms with Crippen molar-refractivity contribution in [2.75, 3.05) is 38.0 Å². The van der Waals surface area contributed by atoms with Gasteiger partial charge in [-0.1, -0.05) is 18.2 Å². The molecule has 1 heterocycles. The van der Waals surface area contributed by atoms with Crippen molar-refractivity contribution in [2.45, 2.75) is 20.4 Å². The maximum atomic E-state index is 13.5. The lowest BCUT2D eigenvalue weighted by Crippen LogP contribution is -2.48. The zero-order chi connectivity index (χ0) is 21.0. The molecule has 0 unspecified atom stereocenters. The fraction of sp³-hybridized carbons (Fsp3) is 0.381. The average molecular weight is 400 g/mol. The van der Waals surface area contributed by atoms with Crippen LogP contribution in [0.15, 0.2) is 36.4 Å². The first-order valence-corrected chi connectivity index (χ1v) is 9.57. The molecule has 3 rings (SSSR count). The van der Waals surface area contributed by atoms with Crippen molar-refractivity contribution < 1.29 is 14.1 Å². The number of aryl methyl sites for hydroxylation is 2. The molecule has 0 aromatic heterocycles. The molecule has 7 nitrogen and oxygen atoms in total. The number of carbonyl (C=O) groups is 1. The topological polar surface area (TPSA) is 78.7 Å². The van der Waals surface area contributed by atoms with Crippen LogP contribution in [0.5, 0.6) is 0 Å². The molecule has 154 valence electrons. The van der Waals surface area contributed by atoms with E-state index in [1.165, 1.54) is 12.1 Å². The summed E-state index contributed by atoms with van der Waals surface area (Å²) in [6.07, 6.45) is 0. The molecule has 1 aliphatic rings. The van der Waals surface area contributed by atoms with Crippen LogP contribution in [0, 0.1) is 29.8 Å². The normalized spacial score (nSPS) is 15.3. The number of nitro benzene ring substituents is 1. The minimum Gasteiger partial charge on any atom is -0.324 e. The minimum atomic E-state index is -0.483. The van der Waals surface area contributed by atoms with Crippen molar-refractivity contribution in [1.82, 2.24) is 9.80 Å². The van der Waals surface area contributed by atoms with E-state index in [1.54, 1.807) is 0 Å². The van der Waals surface area contributed by atoms with Gasteiger partial charge in [-0.3, -0.25) is 24.7 Å². The van der Waals surface area contributed by atoms with Gasteiger partial charge in [-0.15, -0.1) is 0 Å². The van der Waals surface area contributed by atoms with Crippen LogP contribution in [0.4, 0.5) is 15.8 Å². The highest BCUT2D eigenvalue weighted by Crippen LogP contribution is 2.22. The van der Waals surface area contributed by atoms with Gasteiger partial charge in [-0.25, -0.2) is 4.39 Å². The lowest BCUT2D eigenvalue weighted by Gasteiger charge is -2.34. The summed E-state index contributed by atoms with van der Waals surface area (Å²) in [4.78, 5) is 27.2. The average Bonchev–Trinajstić information content (AvgIpc) is 2.66. The third-order valence-electron chi connectivity index (χ3n) is 5.21. The van der Waals surface area contributed by atoms with Crippen LogP contribution < -0.4 is 5.32 Å². The summed E-state index contributed by atoms with van der Waals surface area (Å²) in [7, 11) is 0. The number of hydrogen-bond donors (Lipinski definition) is 1. The number of halogens is 1. The van der Waals surface area contributed by atoms with Crippen molar-refractivity contribution in [3.63, 3.8) is 0 Å². The van der Waals surface area contributed by atoms with E-state index in [0.717, 1.165) is 22.9 Å². The standard InChI is InChI=1S/C21H25FN4O3/c1-15-4-3-5-16(2)21(15)23-20(27)14-25-10-8-24(9-11-25)13-17-12-18(22)6-7-19(17)26(28)29/h3-7,12H,8-11,13-14H2,1-2H3,(H,23,27). The maximum Gasteiger partial charge on any atom is 0.274 e. The first-order valence-electron chi connectivity index (χ1n) is 9.57. The molecular weight excluding hydrogens is 375 g/mol. The fourth-order valence-electron chi connectivity index (χ4n) is 3.60. The number of hydrogen-bond acceptors (Lipinski definition) is 5. The molecular formula is C21H25FN4O3. The Morgan fingerprint density at radius 2 is 1.72 bits per heavy atom. The predicted molar refractivity (Wildman–Crippen MR) is 109 cm³/mol. The van der Waals surface area contributed by atoms with Gasteiger partial charge in [0.25, 0.3) is 5.69 Å². The van der Waals surface area contributed by atoms with Gasteiger partial charge >= 0.3 is 0 Å². The number of anilines is 1. The first-order chi connectivity index (χ1) is 13.8. The summed E-state index contributed by atoms with van der Waals surface area (Å²) in [5.41, 5.74) is 3.22. The van der Waals surface area contributed by atoms with Gasteiger partial charge in [0, 0.05) is 50.0 Å². The Morgan fingerprint density at radius 1 is 1.10 bits per heavy atom. The van der Waals surface area contributed by atoms with E-state index in [1.807, 2.05) is 36.9 Å². The van der Waals surface area contributed by atoms with Gasteiger partial charge in [0.2, 0.25) is 5.91 Å². The van der Waals surface area contributed by atoms with Gasteiger partial charge in [0.15, 0.2) is 0 Å². The molecule has 1 aliphatic heterocycles. The number of nitrogens with zero attached hydrogens (tertiary/aromatic N) is 3. The lowest BCUT2D eigenvalue weighted by atomic mass is 10.1. The van der Waals surface area contributed by atoms with E-state index in [0.29, 0.717) is 44.8 Å². The van der Waals surface area contributed by atoms with Crippen molar-refractivity contribution >= 4 is 17.3 Å². The van der Waals surface area contributed by atoms with Gasteiger partial charge in [0.1, 0.15) is 5.82 Å². The van der Waals surface area contributed by atoms with E-state index in [2.05, 4.69) is 10.2 Å². The number of carbonyl (C=O) groups excluding carboxylic acids is 1. The second kappa shape index (κ2) is 9.11. The number of rotatable bonds is 6. The van der Waals surface area contributed by atoms with Gasteiger partial charge in [0.05, 0.1) is 11.5 Å². The van der Waals surface area contributed by atoms with Crippen LogP contribution in [0.1, 0.15) is 16.7 Å². The summed E-state index contributed by atoms with van der Waals surface area (Å²) in [6.45, 7) is 7.19. The molecule has 0 radical (unpaired) electrons. The van der Waals surface area contributed by atoms with Crippen LogP contribution in [0.25, 0.3) is 0 Å². The summed E-state index contributed by atoms with van der Waals surface area (Å²) < 4.78 is 13.5. The van der Waals surface area contributed by atoms with E-state index in [9.17, 15) is 19.3 Å². The summed E-state index contributed by atoms with van der Waals surface area (Å²) in [6, 6.07) is 9.43. The molecule has 0 atom stereocenters.